The highest BCUT2D eigenvalue weighted by Crippen LogP contribution is 2.07. The Labute approximate surface area is 72.4 Å². The van der Waals surface area contributed by atoms with Crippen LogP contribution >= 0.6 is 0 Å². The van der Waals surface area contributed by atoms with Crippen LogP contribution in [0.1, 0.15) is 35.6 Å². The number of aryl methyl sites for hydroxylation is 2. The molecule has 1 rings (SSSR count). The maximum absolute atomic E-state index is 10.4. The number of H-pyrrole nitrogens is 1. The number of carboxylic acids is 1. The first-order chi connectivity index (χ1) is 5.61. The Hall–Kier alpha value is -1.25. The molecule has 1 heterocycles. The van der Waals surface area contributed by atoms with Gasteiger partial charge in [-0.3, -0.25) is 0 Å². The number of nitrogens with one attached hydrogen (secondary N) is 1. The monoisotopic (exact) mass is 169 g/mol. The first-order valence-electron chi connectivity index (χ1n) is 4.01. The fourth-order valence-corrected chi connectivity index (χ4v) is 0.951. The summed E-state index contributed by atoms with van der Waals surface area (Å²) in [7, 11) is 0. The fraction of sp³-hybridized carbons (Fsp3) is 0.444. The molecule has 0 radical (unpaired) electrons. The standard InChI is InChI=1S/C7H9NO2.C2H6/c1-4-3-5(2)8-6(4)7(9)10;1-2/h3,8H,1-2H3,(H,9,10);1-2H3. The third kappa shape index (κ3) is 2.42. The largest absolute Gasteiger partial charge is 0.477 e. The van der Waals surface area contributed by atoms with E-state index in [0.29, 0.717) is 0 Å². The van der Waals surface area contributed by atoms with Crippen molar-refractivity contribution in [2.24, 2.45) is 0 Å². The van der Waals surface area contributed by atoms with Crippen molar-refractivity contribution >= 4 is 5.97 Å². The smallest absolute Gasteiger partial charge is 0.352 e. The Kier molecular flexibility index (Phi) is 4.11. The molecule has 0 aliphatic carbocycles. The second-order valence-corrected chi connectivity index (χ2v) is 2.32. The Morgan fingerprint density at radius 2 is 1.92 bits per heavy atom. The van der Waals surface area contributed by atoms with Gasteiger partial charge in [0.25, 0.3) is 0 Å². The molecule has 1 aromatic rings. The minimum Gasteiger partial charge on any atom is -0.477 e. The highest BCUT2D eigenvalue weighted by atomic mass is 16.4. The van der Waals surface area contributed by atoms with Gasteiger partial charge in [-0.1, -0.05) is 13.8 Å². The predicted octanol–water partition coefficient (Wildman–Crippen LogP) is 2.36. The van der Waals surface area contributed by atoms with E-state index in [4.69, 9.17) is 5.11 Å². The molecule has 2 N–H and O–H groups in total. The van der Waals surface area contributed by atoms with Crippen LogP contribution in [0.15, 0.2) is 6.07 Å². The van der Waals surface area contributed by atoms with Crippen molar-refractivity contribution in [1.82, 2.24) is 4.98 Å². The molecule has 0 aliphatic rings. The topological polar surface area (TPSA) is 53.1 Å². The molecule has 0 atom stereocenters. The third-order valence-electron chi connectivity index (χ3n) is 1.36. The van der Waals surface area contributed by atoms with Crippen molar-refractivity contribution in [3.8, 4) is 0 Å². The van der Waals surface area contributed by atoms with E-state index in [2.05, 4.69) is 4.98 Å². The maximum atomic E-state index is 10.4. The van der Waals surface area contributed by atoms with Crippen LogP contribution in [0.4, 0.5) is 0 Å². The zero-order valence-electron chi connectivity index (χ0n) is 7.93. The van der Waals surface area contributed by atoms with E-state index in [-0.39, 0.29) is 5.69 Å². The number of carboxylic acid groups (broad SMARTS) is 1. The minimum atomic E-state index is -0.898. The van der Waals surface area contributed by atoms with Crippen LogP contribution in [0.3, 0.4) is 0 Å². The number of carbonyl (C=O) groups is 1. The van der Waals surface area contributed by atoms with Crippen molar-refractivity contribution in [3.05, 3.63) is 23.0 Å². The Balaban J connectivity index is 0.000000561. The molecule has 0 saturated carbocycles. The lowest BCUT2D eigenvalue weighted by Gasteiger charge is -1.88. The summed E-state index contributed by atoms with van der Waals surface area (Å²) in [6, 6.07) is 1.81. The van der Waals surface area contributed by atoms with Gasteiger partial charge in [0, 0.05) is 5.69 Å². The van der Waals surface area contributed by atoms with Crippen molar-refractivity contribution in [3.63, 3.8) is 0 Å². The molecule has 0 amide bonds. The summed E-state index contributed by atoms with van der Waals surface area (Å²) in [4.78, 5) is 13.1. The Bertz CT molecular complexity index is 263. The maximum Gasteiger partial charge on any atom is 0.352 e. The summed E-state index contributed by atoms with van der Waals surface area (Å²) in [6.45, 7) is 7.60. The third-order valence-corrected chi connectivity index (χ3v) is 1.36. The summed E-state index contributed by atoms with van der Waals surface area (Å²) >= 11 is 0. The lowest BCUT2D eigenvalue weighted by Crippen LogP contribution is -1.98. The minimum absolute atomic E-state index is 0.289. The van der Waals surface area contributed by atoms with Gasteiger partial charge in [-0.25, -0.2) is 4.79 Å². The number of rotatable bonds is 1. The van der Waals surface area contributed by atoms with Crippen LogP contribution in [-0.2, 0) is 0 Å². The average molecular weight is 169 g/mol. The zero-order valence-corrected chi connectivity index (χ0v) is 7.93. The molecular formula is C9H15NO2. The second-order valence-electron chi connectivity index (χ2n) is 2.32. The molecule has 1 aromatic heterocycles. The van der Waals surface area contributed by atoms with Crippen molar-refractivity contribution in [1.29, 1.82) is 0 Å². The summed E-state index contributed by atoms with van der Waals surface area (Å²) < 4.78 is 0. The van der Waals surface area contributed by atoms with Crippen LogP contribution < -0.4 is 0 Å². The van der Waals surface area contributed by atoms with Crippen LogP contribution in [0.5, 0.6) is 0 Å². The Morgan fingerprint density at radius 1 is 1.42 bits per heavy atom. The van der Waals surface area contributed by atoms with Gasteiger partial charge in [0.05, 0.1) is 0 Å². The molecule has 0 fully saturated rings. The van der Waals surface area contributed by atoms with Gasteiger partial charge in [0.2, 0.25) is 0 Å². The molecule has 3 heteroatoms. The molecule has 3 nitrogen and oxygen atoms in total. The molecule has 68 valence electrons. The van der Waals surface area contributed by atoms with Crippen LogP contribution in [0, 0.1) is 13.8 Å². The molecule has 12 heavy (non-hydrogen) atoms. The lowest BCUT2D eigenvalue weighted by atomic mass is 10.3. The van der Waals surface area contributed by atoms with Crippen molar-refractivity contribution in [2.75, 3.05) is 0 Å². The highest BCUT2D eigenvalue weighted by molar-refractivity contribution is 5.87. The van der Waals surface area contributed by atoms with Gasteiger partial charge in [-0.05, 0) is 25.5 Å². The normalized spacial score (nSPS) is 8.67. The lowest BCUT2D eigenvalue weighted by molar-refractivity contribution is 0.0690. The first kappa shape index (κ1) is 10.8. The molecule has 0 unspecified atom stereocenters. The SMILES string of the molecule is CC.Cc1cc(C)c(C(=O)O)[nH]1. The van der Waals surface area contributed by atoms with Gasteiger partial charge >= 0.3 is 5.97 Å². The number of aromatic amines is 1. The average Bonchev–Trinajstić information content (AvgIpc) is 2.34. The summed E-state index contributed by atoms with van der Waals surface area (Å²) in [5.74, 6) is -0.898. The molecule has 0 spiro atoms. The van der Waals surface area contributed by atoms with Gasteiger partial charge < -0.3 is 10.1 Å². The van der Waals surface area contributed by atoms with Gasteiger partial charge in [0.1, 0.15) is 5.69 Å². The summed E-state index contributed by atoms with van der Waals surface area (Å²) in [5.41, 5.74) is 1.96. The molecule has 0 aromatic carbocycles. The van der Waals surface area contributed by atoms with E-state index in [1.54, 1.807) is 6.92 Å². The number of aromatic carboxylic acids is 1. The molecule has 0 aliphatic heterocycles. The Morgan fingerprint density at radius 3 is 2.08 bits per heavy atom. The van der Waals surface area contributed by atoms with Crippen molar-refractivity contribution in [2.45, 2.75) is 27.7 Å². The summed E-state index contributed by atoms with van der Waals surface area (Å²) in [6.07, 6.45) is 0. The number of hydrogen-bond acceptors (Lipinski definition) is 1. The van der Waals surface area contributed by atoms with Crippen molar-refractivity contribution < 1.29 is 9.90 Å². The van der Waals surface area contributed by atoms with Crippen LogP contribution in [0.25, 0.3) is 0 Å². The fourth-order valence-electron chi connectivity index (χ4n) is 0.951. The van der Waals surface area contributed by atoms with Gasteiger partial charge in [-0.2, -0.15) is 0 Å². The second kappa shape index (κ2) is 4.59. The predicted molar refractivity (Wildman–Crippen MR) is 48.6 cm³/mol. The van der Waals surface area contributed by atoms with Crippen LogP contribution in [0.2, 0.25) is 0 Å². The summed E-state index contributed by atoms with van der Waals surface area (Å²) in [5, 5.41) is 8.55. The van der Waals surface area contributed by atoms with E-state index in [1.165, 1.54) is 0 Å². The van der Waals surface area contributed by atoms with Gasteiger partial charge in [-0.15, -0.1) is 0 Å². The highest BCUT2D eigenvalue weighted by Gasteiger charge is 2.07. The van der Waals surface area contributed by atoms with E-state index < -0.39 is 5.97 Å². The van der Waals surface area contributed by atoms with Crippen LogP contribution in [-0.4, -0.2) is 16.1 Å². The molecule has 0 saturated heterocycles. The number of aromatic nitrogens is 1. The van der Waals surface area contributed by atoms with E-state index in [9.17, 15) is 4.79 Å². The first-order valence-corrected chi connectivity index (χ1v) is 4.01. The van der Waals surface area contributed by atoms with E-state index in [1.807, 2.05) is 26.8 Å². The van der Waals surface area contributed by atoms with Gasteiger partial charge in [0.15, 0.2) is 0 Å². The quantitative estimate of drug-likeness (QED) is 0.678. The van der Waals surface area contributed by atoms with E-state index in [0.717, 1.165) is 11.3 Å². The zero-order chi connectivity index (χ0) is 9.72. The van der Waals surface area contributed by atoms with E-state index >= 15 is 0 Å². The molecule has 0 bridgehead atoms. The molecular weight excluding hydrogens is 154 g/mol. The number of hydrogen-bond donors (Lipinski definition) is 2.